The van der Waals surface area contributed by atoms with Crippen molar-refractivity contribution in [3.05, 3.63) is 71.8 Å². The van der Waals surface area contributed by atoms with Crippen LogP contribution in [0.1, 0.15) is 30.5 Å². The Morgan fingerprint density at radius 1 is 1.12 bits per heavy atom. The zero-order valence-electron chi connectivity index (χ0n) is 14.4. The van der Waals surface area contributed by atoms with E-state index in [-0.39, 0.29) is 25.0 Å². The molecular formula is C20H20N2O4. The average molecular weight is 352 g/mol. The highest BCUT2D eigenvalue weighted by Crippen LogP contribution is 2.22. The third kappa shape index (κ3) is 3.91. The molecule has 0 saturated carbocycles. The third-order valence-corrected chi connectivity index (χ3v) is 4.30. The van der Waals surface area contributed by atoms with Gasteiger partial charge in [0.2, 0.25) is 5.91 Å². The van der Waals surface area contributed by atoms with Gasteiger partial charge >= 0.3 is 12.0 Å². The van der Waals surface area contributed by atoms with E-state index in [4.69, 9.17) is 4.74 Å². The van der Waals surface area contributed by atoms with Gasteiger partial charge in [0.25, 0.3) is 0 Å². The normalized spacial score (nSPS) is 17.2. The van der Waals surface area contributed by atoms with Crippen molar-refractivity contribution >= 4 is 17.9 Å². The Morgan fingerprint density at radius 2 is 1.73 bits per heavy atom. The first-order valence-electron chi connectivity index (χ1n) is 8.44. The van der Waals surface area contributed by atoms with Gasteiger partial charge in [0, 0.05) is 0 Å². The van der Waals surface area contributed by atoms with Gasteiger partial charge in [-0.3, -0.25) is 4.79 Å². The number of nitrogens with one attached hydrogen (secondary N) is 1. The van der Waals surface area contributed by atoms with Gasteiger partial charge in [-0.25, -0.2) is 14.5 Å². The molecule has 3 amide bonds. The van der Waals surface area contributed by atoms with Crippen LogP contribution in [-0.2, 0) is 20.9 Å². The van der Waals surface area contributed by atoms with E-state index in [1.807, 2.05) is 67.6 Å². The molecule has 0 aliphatic carbocycles. The number of hydrogen-bond donors (Lipinski definition) is 1. The van der Waals surface area contributed by atoms with Gasteiger partial charge < -0.3 is 10.1 Å². The van der Waals surface area contributed by atoms with Gasteiger partial charge in [-0.05, 0) is 18.1 Å². The fraction of sp³-hybridized carbons (Fsp3) is 0.250. The molecule has 0 radical (unpaired) electrons. The molecule has 0 bridgehead atoms. The molecular weight excluding hydrogens is 332 g/mol. The lowest BCUT2D eigenvalue weighted by Crippen LogP contribution is -2.62. The van der Waals surface area contributed by atoms with E-state index in [0.29, 0.717) is 0 Å². The Balaban J connectivity index is 1.57. The Hall–Kier alpha value is -3.15. The Bertz CT molecular complexity index is 792. The number of hydrogen-bond acceptors (Lipinski definition) is 4. The molecule has 2 atom stereocenters. The molecule has 2 aromatic carbocycles. The van der Waals surface area contributed by atoms with E-state index >= 15 is 0 Å². The van der Waals surface area contributed by atoms with Crippen LogP contribution in [0, 0.1) is 0 Å². The monoisotopic (exact) mass is 352 g/mol. The summed E-state index contributed by atoms with van der Waals surface area (Å²) in [6, 6.07) is 16.9. The number of urea groups is 1. The van der Waals surface area contributed by atoms with Crippen LogP contribution in [0.3, 0.4) is 0 Å². The minimum atomic E-state index is -0.866. The van der Waals surface area contributed by atoms with E-state index in [1.165, 1.54) is 0 Å². The van der Waals surface area contributed by atoms with Crippen molar-refractivity contribution < 1.29 is 19.1 Å². The number of carbonyl (C=O) groups excluding carboxylic acids is 3. The minimum absolute atomic E-state index is 0.0131. The van der Waals surface area contributed by atoms with Crippen molar-refractivity contribution in [3.8, 4) is 0 Å². The number of benzene rings is 2. The van der Waals surface area contributed by atoms with Gasteiger partial charge in [-0.2, -0.15) is 0 Å². The van der Waals surface area contributed by atoms with E-state index < -0.39 is 18.0 Å². The number of likely N-dealkylation sites (tertiary alicyclic amines) is 1. The number of β-lactam (4-membered cyclic amide) rings is 1. The van der Waals surface area contributed by atoms with E-state index in [0.717, 1.165) is 16.0 Å². The largest absolute Gasteiger partial charge is 0.459 e. The Kier molecular flexibility index (Phi) is 5.31. The van der Waals surface area contributed by atoms with Crippen molar-refractivity contribution in [2.24, 2.45) is 0 Å². The highest BCUT2D eigenvalue weighted by Gasteiger charge is 2.46. The number of esters is 1. The predicted octanol–water partition coefficient (Wildman–Crippen LogP) is 2.80. The van der Waals surface area contributed by atoms with Crippen LogP contribution in [0.5, 0.6) is 0 Å². The van der Waals surface area contributed by atoms with Gasteiger partial charge in [0.15, 0.2) is 0 Å². The standard InChI is InChI=1S/C20H20N2O4/c1-14(16-10-6-3-7-11-16)21-20(25)22-17(12-18(22)23)19(24)26-13-15-8-4-2-5-9-15/h2-11,14,17H,12-13H2,1H3,(H,21,25)/t14?,17-/m0/s1. The molecule has 1 N–H and O–H groups in total. The molecule has 1 aliphatic rings. The molecule has 6 nitrogen and oxygen atoms in total. The molecule has 2 aromatic rings. The highest BCUT2D eigenvalue weighted by molar-refractivity contribution is 6.06. The number of amides is 3. The molecule has 0 aromatic heterocycles. The van der Waals surface area contributed by atoms with Crippen LogP contribution in [0.4, 0.5) is 4.79 Å². The summed E-state index contributed by atoms with van der Waals surface area (Å²) in [4.78, 5) is 37.4. The molecule has 1 aliphatic heterocycles. The first kappa shape index (κ1) is 17.7. The average Bonchev–Trinajstić information content (AvgIpc) is 2.65. The smallest absolute Gasteiger partial charge is 0.330 e. The van der Waals surface area contributed by atoms with E-state index in [1.54, 1.807) is 0 Å². The van der Waals surface area contributed by atoms with Gasteiger partial charge in [0.1, 0.15) is 12.6 Å². The second-order valence-corrected chi connectivity index (χ2v) is 6.16. The van der Waals surface area contributed by atoms with Crippen LogP contribution in [0.2, 0.25) is 0 Å². The molecule has 3 rings (SSSR count). The topological polar surface area (TPSA) is 75.7 Å². The fourth-order valence-corrected chi connectivity index (χ4v) is 2.76. The summed E-state index contributed by atoms with van der Waals surface area (Å²) in [5, 5.41) is 2.75. The first-order chi connectivity index (χ1) is 12.6. The quantitative estimate of drug-likeness (QED) is 0.663. The van der Waals surface area contributed by atoms with Gasteiger partial charge in [0.05, 0.1) is 12.5 Å². The fourth-order valence-electron chi connectivity index (χ4n) is 2.76. The SMILES string of the molecule is CC(NC(=O)N1C(=O)C[C@H]1C(=O)OCc1ccccc1)c1ccccc1. The predicted molar refractivity (Wildman–Crippen MR) is 94.9 cm³/mol. The first-order valence-corrected chi connectivity index (χ1v) is 8.44. The molecule has 26 heavy (non-hydrogen) atoms. The lowest BCUT2D eigenvalue weighted by atomic mass is 10.0. The lowest BCUT2D eigenvalue weighted by molar-refractivity contribution is -0.163. The minimum Gasteiger partial charge on any atom is -0.459 e. The zero-order valence-corrected chi connectivity index (χ0v) is 14.4. The number of nitrogens with zero attached hydrogens (tertiary/aromatic N) is 1. The molecule has 1 unspecified atom stereocenters. The van der Waals surface area contributed by atoms with Gasteiger partial charge in [-0.15, -0.1) is 0 Å². The highest BCUT2D eigenvalue weighted by atomic mass is 16.5. The number of rotatable bonds is 5. The summed E-state index contributed by atoms with van der Waals surface area (Å²) in [7, 11) is 0. The van der Waals surface area contributed by atoms with Crippen molar-refractivity contribution in [1.29, 1.82) is 0 Å². The molecule has 1 fully saturated rings. The molecule has 1 saturated heterocycles. The van der Waals surface area contributed by atoms with Crippen molar-refractivity contribution in [2.75, 3.05) is 0 Å². The van der Waals surface area contributed by atoms with Crippen molar-refractivity contribution in [1.82, 2.24) is 10.2 Å². The zero-order chi connectivity index (χ0) is 18.5. The van der Waals surface area contributed by atoms with Crippen molar-refractivity contribution in [3.63, 3.8) is 0 Å². The summed E-state index contributed by atoms with van der Waals surface area (Å²) in [5.74, 6) is -0.958. The molecule has 6 heteroatoms. The maximum atomic E-state index is 12.4. The lowest BCUT2D eigenvalue weighted by Gasteiger charge is -2.37. The van der Waals surface area contributed by atoms with Crippen LogP contribution in [0.15, 0.2) is 60.7 Å². The second-order valence-electron chi connectivity index (χ2n) is 6.16. The summed E-state index contributed by atoms with van der Waals surface area (Å²) in [6.45, 7) is 1.93. The van der Waals surface area contributed by atoms with Crippen molar-refractivity contribution in [2.45, 2.75) is 32.0 Å². The van der Waals surface area contributed by atoms with Gasteiger partial charge in [-0.1, -0.05) is 60.7 Å². The summed E-state index contributed by atoms with van der Waals surface area (Å²) >= 11 is 0. The number of ether oxygens (including phenoxy) is 1. The second kappa shape index (κ2) is 7.82. The van der Waals surface area contributed by atoms with Crippen LogP contribution in [0.25, 0.3) is 0 Å². The Morgan fingerprint density at radius 3 is 2.35 bits per heavy atom. The third-order valence-electron chi connectivity index (χ3n) is 4.30. The van der Waals surface area contributed by atoms with Crippen LogP contribution < -0.4 is 5.32 Å². The number of carbonyl (C=O) groups is 3. The summed E-state index contributed by atoms with van der Waals surface area (Å²) < 4.78 is 5.24. The maximum Gasteiger partial charge on any atom is 0.330 e. The van der Waals surface area contributed by atoms with Crippen LogP contribution >= 0.6 is 0 Å². The number of imide groups is 1. The van der Waals surface area contributed by atoms with E-state index in [2.05, 4.69) is 5.32 Å². The Labute approximate surface area is 151 Å². The molecule has 1 heterocycles. The molecule has 0 spiro atoms. The molecule has 134 valence electrons. The summed E-state index contributed by atoms with van der Waals surface area (Å²) in [5.41, 5.74) is 1.76. The summed E-state index contributed by atoms with van der Waals surface area (Å²) in [6.07, 6.45) is -0.0131. The van der Waals surface area contributed by atoms with E-state index in [9.17, 15) is 14.4 Å². The van der Waals surface area contributed by atoms with Crippen LogP contribution in [-0.4, -0.2) is 28.8 Å². The maximum absolute atomic E-state index is 12.4.